The molecule has 0 aromatic carbocycles. The highest BCUT2D eigenvalue weighted by Crippen LogP contribution is 2.28. The summed E-state index contributed by atoms with van der Waals surface area (Å²) in [5.41, 5.74) is 0. The molecule has 1 saturated carbocycles. The fraction of sp³-hybridized carbons (Fsp3) is 1.00. The number of likely N-dealkylation sites (N-methyl/N-ethyl adjacent to an activating group) is 1. The molecule has 0 heterocycles. The number of rotatable bonds is 6. The summed E-state index contributed by atoms with van der Waals surface area (Å²) >= 11 is 0. The van der Waals surface area contributed by atoms with Gasteiger partial charge in [0.2, 0.25) is 0 Å². The lowest BCUT2D eigenvalue weighted by Crippen LogP contribution is -2.48. The van der Waals surface area contributed by atoms with E-state index in [9.17, 15) is 0 Å². The third-order valence-corrected chi connectivity index (χ3v) is 4.61. The van der Waals surface area contributed by atoms with E-state index in [0.717, 1.165) is 30.3 Å². The van der Waals surface area contributed by atoms with Crippen LogP contribution in [0.15, 0.2) is 0 Å². The zero-order valence-electron chi connectivity index (χ0n) is 13.4. The Labute approximate surface area is 115 Å². The van der Waals surface area contributed by atoms with E-state index in [1.807, 2.05) is 0 Å². The van der Waals surface area contributed by atoms with Gasteiger partial charge in [0.05, 0.1) is 0 Å². The Morgan fingerprint density at radius 1 is 1.11 bits per heavy atom. The zero-order valence-corrected chi connectivity index (χ0v) is 13.4. The molecular weight excluding hydrogens is 220 g/mol. The molecule has 1 N–H and O–H groups in total. The van der Waals surface area contributed by atoms with Crippen LogP contribution in [0.1, 0.15) is 53.4 Å². The van der Waals surface area contributed by atoms with Crippen LogP contribution in [0.25, 0.3) is 0 Å². The highest BCUT2D eigenvalue weighted by atomic mass is 15.1. The molecule has 0 aromatic rings. The third-order valence-electron chi connectivity index (χ3n) is 4.61. The van der Waals surface area contributed by atoms with Crippen molar-refractivity contribution in [2.75, 3.05) is 20.6 Å². The molecule has 2 heteroatoms. The van der Waals surface area contributed by atoms with Crippen molar-refractivity contribution in [1.29, 1.82) is 0 Å². The number of hydrogen-bond acceptors (Lipinski definition) is 2. The van der Waals surface area contributed by atoms with Crippen LogP contribution in [0.5, 0.6) is 0 Å². The average molecular weight is 254 g/mol. The van der Waals surface area contributed by atoms with Crippen molar-refractivity contribution in [3.63, 3.8) is 0 Å². The molecule has 0 amide bonds. The maximum Gasteiger partial charge on any atom is 0.0217 e. The highest BCUT2D eigenvalue weighted by Gasteiger charge is 2.28. The minimum absolute atomic E-state index is 0.673. The minimum atomic E-state index is 0.673. The van der Waals surface area contributed by atoms with Crippen molar-refractivity contribution in [1.82, 2.24) is 10.2 Å². The molecule has 1 rings (SSSR count). The lowest BCUT2D eigenvalue weighted by Gasteiger charge is -2.37. The van der Waals surface area contributed by atoms with Crippen LogP contribution in [0.2, 0.25) is 0 Å². The van der Waals surface area contributed by atoms with Gasteiger partial charge in [0.25, 0.3) is 0 Å². The van der Waals surface area contributed by atoms with Crippen LogP contribution in [0, 0.1) is 17.8 Å². The second-order valence-corrected chi connectivity index (χ2v) is 7.07. The summed E-state index contributed by atoms with van der Waals surface area (Å²) in [6.07, 6.45) is 5.51. The molecule has 3 unspecified atom stereocenters. The van der Waals surface area contributed by atoms with Gasteiger partial charge in [0, 0.05) is 18.6 Å². The smallest absolute Gasteiger partial charge is 0.0217 e. The zero-order chi connectivity index (χ0) is 13.7. The predicted octanol–water partition coefficient (Wildman–Crippen LogP) is 3.38. The third kappa shape index (κ3) is 4.89. The van der Waals surface area contributed by atoms with Gasteiger partial charge in [-0.05, 0) is 51.1 Å². The predicted molar refractivity (Wildman–Crippen MR) is 80.9 cm³/mol. The Morgan fingerprint density at radius 2 is 1.67 bits per heavy atom. The SMILES string of the molecule is CC(C)CC(CNC1C(C)CCCC1C)N(C)C. The molecule has 0 bridgehead atoms. The molecule has 1 aliphatic carbocycles. The van der Waals surface area contributed by atoms with E-state index >= 15 is 0 Å². The lowest BCUT2D eigenvalue weighted by molar-refractivity contribution is 0.179. The van der Waals surface area contributed by atoms with Crippen LogP contribution in [-0.2, 0) is 0 Å². The van der Waals surface area contributed by atoms with Gasteiger partial charge in [-0.3, -0.25) is 0 Å². The van der Waals surface area contributed by atoms with E-state index in [-0.39, 0.29) is 0 Å². The van der Waals surface area contributed by atoms with Crippen molar-refractivity contribution >= 4 is 0 Å². The van der Waals surface area contributed by atoms with Gasteiger partial charge in [-0.25, -0.2) is 0 Å². The van der Waals surface area contributed by atoms with Gasteiger partial charge < -0.3 is 10.2 Å². The van der Waals surface area contributed by atoms with Crippen LogP contribution in [-0.4, -0.2) is 37.6 Å². The van der Waals surface area contributed by atoms with Gasteiger partial charge in [-0.1, -0.05) is 34.1 Å². The highest BCUT2D eigenvalue weighted by molar-refractivity contribution is 4.85. The minimum Gasteiger partial charge on any atom is -0.312 e. The molecule has 0 aromatic heterocycles. The molecule has 2 nitrogen and oxygen atoms in total. The van der Waals surface area contributed by atoms with E-state index in [1.165, 1.54) is 25.7 Å². The summed E-state index contributed by atoms with van der Waals surface area (Å²) < 4.78 is 0. The number of hydrogen-bond donors (Lipinski definition) is 1. The molecule has 1 aliphatic rings. The maximum absolute atomic E-state index is 3.87. The van der Waals surface area contributed by atoms with E-state index < -0.39 is 0 Å². The van der Waals surface area contributed by atoms with Gasteiger partial charge in [0.15, 0.2) is 0 Å². The summed E-state index contributed by atoms with van der Waals surface area (Å²) in [5.74, 6) is 2.46. The van der Waals surface area contributed by atoms with Crippen molar-refractivity contribution in [3.05, 3.63) is 0 Å². The summed E-state index contributed by atoms with van der Waals surface area (Å²) in [5, 5.41) is 3.87. The molecular formula is C16H34N2. The molecule has 18 heavy (non-hydrogen) atoms. The Hall–Kier alpha value is -0.0800. The molecule has 0 spiro atoms. The average Bonchev–Trinajstić information content (AvgIpc) is 2.26. The summed E-state index contributed by atoms with van der Waals surface area (Å²) in [6.45, 7) is 10.6. The Kier molecular flexibility index (Phi) is 6.65. The van der Waals surface area contributed by atoms with Crippen molar-refractivity contribution in [2.24, 2.45) is 17.8 Å². The number of nitrogens with one attached hydrogen (secondary N) is 1. The first-order chi connectivity index (χ1) is 8.41. The van der Waals surface area contributed by atoms with Crippen LogP contribution in [0.3, 0.4) is 0 Å². The molecule has 0 saturated heterocycles. The molecule has 0 radical (unpaired) electrons. The van der Waals surface area contributed by atoms with Crippen LogP contribution in [0.4, 0.5) is 0 Å². The Balaban J connectivity index is 2.44. The van der Waals surface area contributed by atoms with E-state index in [1.54, 1.807) is 0 Å². The molecule has 0 aliphatic heterocycles. The fourth-order valence-corrected chi connectivity index (χ4v) is 3.38. The number of nitrogens with zero attached hydrogens (tertiary/aromatic N) is 1. The maximum atomic E-state index is 3.87. The summed E-state index contributed by atoms with van der Waals surface area (Å²) in [4.78, 5) is 2.38. The monoisotopic (exact) mass is 254 g/mol. The van der Waals surface area contributed by atoms with Gasteiger partial charge >= 0.3 is 0 Å². The quantitative estimate of drug-likeness (QED) is 0.782. The molecule has 3 atom stereocenters. The normalized spacial score (nSPS) is 31.0. The standard InChI is InChI=1S/C16H34N2/c1-12(2)10-15(18(5)6)11-17-16-13(3)8-7-9-14(16)4/h12-17H,7-11H2,1-6H3. The van der Waals surface area contributed by atoms with E-state index in [4.69, 9.17) is 0 Å². The second-order valence-electron chi connectivity index (χ2n) is 7.07. The van der Waals surface area contributed by atoms with E-state index in [0.29, 0.717) is 6.04 Å². The Bertz CT molecular complexity index is 215. The van der Waals surface area contributed by atoms with Gasteiger partial charge in [-0.2, -0.15) is 0 Å². The summed E-state index contributed by atoms with van der Waals surface area (Å²) in [7, 11) is 4.42. The Morgan fingerprint density at radius 3 is 2.11 bits per heavy atom. The topological polar surface area (TPSA) is 15.3 Å². The van der Waals surface area contributed by atoms with Crippen LogP contribution >= 0.6 is 0 Å². The van der Waals surface area contributed by atoms with Crippen molar-refractivity contribution in [3.8, 4) is 0 Å². The first kappa shape index (κ1) is 16.0. The van der Waals surface area contributed by atoms with E-state index in [2.05, 4.69) is 52.0 Å². The summed E-state index contributed by atoms with van der Waals surface area (Å²) in [6, 6.07) is 1.40. The van der Waals surface area contributed by atoms with Crippen molar-refractivity contribution < 1.29 is 0 Å². The van der Waals surface area contributed by atoms with Crippen molar-refractivity contribution in [2.45, 2.75) is 65.5 Å². The second kappa shape index (κ2) is 7.49. The molecule has 108 valence electrons. The fourth-order valence-electron chi connectivity index (χ4n) is 3.38. The first-order valence-corrected chi connectivity index (χ1v) is 7.81. The largest absolute Gasteiger partial charge is 0.312 e. The van der Waals surface area contributed by atoms with Gasteiger partial charge in [-0.15, -0.1) is 0 Å². The lowest BCUT2D eigenvalue weighted by atomic mass is 9.78. The van der Waals surface area contributed by atoms with Crippen LogP contribution < -0.4 is 5.32 Å². The first-order valence-electron chi connectivity index (χ1n) is 7.81. The molecule has 1 fully saturated rings. The van der Waals surface area contributed by atoms with Gasteiger partial charge in [0.1, 0.15) is 0 Å².